The van der Waals surface area contributed by atoms with Crippen molar-refractivity contribution in [1.82, 2.24) is 14.9 Å². The topological polar surface area (TPSA) is 72.1 Å². The average Bonchev–Trinajstić information content (AvgIpc) is 2.58. The molecular weight excluding hydrogens is 333 g/mol. The van der Waals surface area contributed by atoms with E-state index >= 15 is 0 Å². The summed E-state index contributed by atoms with van der Waals surface area (Å²) in [5.74, 6) is 0.125. The van der Waals surface area contributed by atoms with E-state index in [4.69, 9.17) is 5.73 Å². The van der Waals surface area contributed by atoms with E-state index < -0.39 is 11.7 Å². The number of nitrogen functional groups attached to an aromatic ring is 1. The van der Waals surface area contributed by atoms with Crippen molar-refractivity contribution >= 4 is 11.9 Å². The van der Waals surface area contributed by atoms with Crippen molar-refractivity contribution in [3.63, 3.8) is 0 Å². The highest BCUT2D eigenvalue weighted by Gasteiger charge is 2.30. The first-order chi connectivity index (χ1) is 11.8. The lowest BCUT2D eigenvalue weighted by molar-refractivity contribution is -0.137. The largest absolute Gasteiger partial charge is 0.416 e. The van der Waals surface area contributed by atoms with E-state index in [0.29, 0.717) is 31.5 Å². The SMILES string of the molecule is Nc1ncc2c(n1)CN(C(=O)CCc1ccc(C(F)(F)F)cc1)CC2. The van der Waals surface area contributed by atoms with Gasteiger partial charge in [0, 0.05) is 19.2 Å². The van der Waals surface area contributed by atoms with E-state index in [1.54, 1.807) is 11.1 Å². The minimum atomic E-state index is -4.35. The minimum absolute atomic E-state index is 0.0530. The van der Waals surface area contributed by atoms with Crippen molar-refractivity contribution in [2.75, 3.05) is 12.3 Å². The van der Waals surface area contributed by atoms with E-state index in [1.165, 1.54) is 12.1 Å². The van der Waals surface area contributed by atoms with Gasteiger partial charge in [0.15, 0.2) is 0 Å². The second kappa shape index (κ2) is 6.70. The Kier molecular flexibility index (Phi) is 4.61. The third-order valence-electron chi connectivity index (χ3n) is 4.23. The normalized spacial score (nSPS) is 14.3. The van der Waals surface area contributed by atoms with E-state index in [1.807, 2.05) is 0 Å². The molecule has 0 spiro atoms. The van der Waals surface area contributed by atoms with Crippen LogP contribution < -0.4 is 5.73 Å². The molecular formula is C17H17F3N4O. The number of rotatable bonds is 3. The number of alkyl halides is 3. The zero-order valence-corrected chi connectivity index (χ0v) is 13.4. The molecule has 0 aliphatic carbocycles. The fraction of sp³-hybridized carbons (Fsp3) is 0.353. The molecule has 0 atom stereocenters. The van der Waals surface area contributed by atoms with Gasteiger partial charge in [-0.3, -0.25) is 4.79 Å². The quantitative estimate of drug-likeness (QED) is 0.924. The van der Waals surface area contributed by atoms with Crippen LogP contribution in [0.3, 0.4) is 0 Å². The van der Waals surface area contributed by atoms with Gasteiger partial charge < -0.3 is 10.6 Å². The predicted octanol–water partition coefficient (Wildman–Crippen LogP) is 2.60. The highest BCUT2D eigenvalue weighted by atomic mass is 19.4. The molecule has 2 N–H and O–H groups in total. The maximum Gasteiger partial charge on any atom is 0.416 e. The summed E-state index contributed by atoms with van der Waals surface area (Å²) in [6.45, 7) is 0.958. The molecule has 1 aliphatic rings. The van der Waals surface area contributed by atoms with E-state index in [9.17, 15) is 18.0 Å². The number of benzene rings is 1. The van der Waals surface area contributed by atoms with E-state index in [0.717, 1.165) is 23.4 Å². The number of hydrogen-bond acceptors (Lipinski definition) is 4. The molecule has 0 fully saturated rings. The summed E-state index contributed by atoms with van der Waals surface area (Å²) >= 11 is 0. The molecule has 0 radical (unpaired) electrons. The molecule has 0 saturated carbocycles. The summed E-state index contributed by atoms with van der Waals surface area (Å²) < 4.78 is 37.6. The molecule has 3 rings (SSSR count). The summed E-state index contributed by atoms with van der Waals surface area (Å²) in [5.41, 5.74) is 7.33. The van der Waals surface area contributed by atoms with Crippen molar-refractivity contribution in [2.45, 2.75) is 32.0 Å². The minimum Gasteiger partial charge on any atom is -0.368 e. The number of carbonyl (C=O) groups is 1. The number of hydrogen-bond donors (Lipinski definition) is 1. The number of nitrogens with zero attached hydrogens (tertiary/aromatic N) is 3. The van der Waals surface area contributed by atoms with Gasteiger partial charge in [-0.2, -0.15) is 13.2 Å². The molecule has 132 valence electrons. The van der Waals surface area contributed by atoms with Gasteiger partial charge in [0.2, 0.25) is 11.9 Å². The first-order valence-corrected chi connectivity index (χ1v) is 7.87. The maximum absolute atomic E-state index is 12.5. The number of fused-ring (bicyclic) bond motifs is 1. The number of carbonyl (C=O) groups excluding carboxylic acids is 1. The fourth-order valence-corrected chi connectivity index (χ4v) is 2.80. The van der Waals surface area contributed by atoms with Crippen LogP contribution in [0.25, 0.3) is 0 Å². The fourth-order valence-electron chi connectivity index (χ4n) is 2.80. The molecule has 0 saturated heterocycles. The van der Waals surface area contributed by atoms with Crippen molar-refractivity contribution in [3.05, 3.63) is 52.8 Å². The monoisotopic (exact) mass is 350 g/mol. The molecule has 1 aromatic heterocycles. The Morgan fingerprint density at radius 1 is 1.24 bits per heavy atom. The summed E-state index contributed by atoms with van der Waals surface area (Å²) in [6, 6.07) is 4.90. The zero-order valence-electron chi connectivity index (χ0n) is 13.4. The van der Waals surface area contributed by atoms with Gasteiger partial charge in [-0.1, -0.05) is 12.1 Å². The van der Waals surface area contributed by atoms with Crippen LogP contribution in [0, 0.1) is 0 Å². The second-order valence-electron chi connectivity index (χ2n) is 5.96. The predicted molar refractivity (Wildman–Crippen MR) is 85.3 cm³/mol. The van der Waals surface area contributed by atoms with Gasteiger partial charge in [-0.05, 0) is 36.1 Å². The number of halogens is 3. The highest BCUT2D eigenvalue weighted by molar-refractivity contribution is 5.76. The Balaban J connectivity index is 1.58. The molecule has 1 aliphatic heterocycles. The molecule has 8 heteroatoms. The Morgan fingerprint density at radius 2 is 1.96 bits per heavy atom. The van der Waals surface area contributed by atoms with Gasteiger partial charge in [-0.15, -0.1) is 0 Å². The summed E-state index contributed by atoms with van der Waals surface area (Å²) in [4.78, 5) is 22.2. The van der Waals surface area contributed by atoms with Gasteiger partial charge in [0.1, 0.15) is 0 Å². The summed E-state index contributed by atoms with van der Waals surface area (Å²) in [5, 5.41) is 0. The molecule has 25 heavy (non-hydrogen) atoms. The standard InChI is InChI=1S/C17H17F3N4O/c18-17(19,20)13-4-1-11(2-5-13)3-6-15(25)24-8-7-12-9-22-16(21)23-14(12)10-24/h1-2,4-5,9H,3,6-8,10H2,(H2,21,22,23). The average molecular weight is 350 g/mol. The Bertz CT molecular complexity index is 774. The van der Waals surface area contributed by atoms with Crippen LogP contribution in [-0.4, -0.2) is 27.3 Å². The number of amides is 1. The van der Waals surface area contributed by atoms with Gasteiger partial charge in [0.25, 0.3) is 0 Å². The van der Waals surface area contributed by atoms with Crippen LogP contribution in [-0.2, 0) is 30.4 Å². The number of aromatic nitrogens is 2. The van der Waals surface area contributed by atoms with Gasteiger partial charge in [-0.25, -0.2) is 9.97 Å². The van der Waals surface area contributed by atoms with Crippen LogP contribution in [0.15, 0.2) is 30.5 Å². The van der Waals surface area contributed by atoms with E-state index in [2.05, 4.69) is 9.97 Å². The van der Waals surface area contributed by atoms with Crippen LogP contribution in [0.5, 0.6) is 0 Å². The first-order valence-electron chi connectivity index (χ1n) is 7.87. The Hall–Kier alpha value is -2.64. The number of aryl methyl sites for hydroxylation is 1. The first kappa shape index (κ1) is 17.2. The molecule has 0 unspecified atom stereocenters. The molecule has 2 aromatic rings. The van der Waals surface area contributed by atoms with Crippen molar-refractivity contribution < 1.29 is 18.0 Å². The third-order valence-corrected chi connectivity index (χ3v) is 4.23. The highest BCUT2D eigenvalue weighted by Crippen LogP contribution is 2.29. The molecule has 1 aromatic carbocycles. The van der Waals surface area contributed by atoms with Gasteiger partial charge >= 0.3 is 6.18 Å². The summed E-state index contributed by atoms with van der Waals surface area (Å²) in [6.07, 6.45) is -1.37. The van der Waals surface area contributed by atoms with Gasteiger partial charge in [0.05, 0.1) is 17.8 Å². The van der Waals surface area contributed by atoms with Crippen LogP contribution in [0.2, 0.25) is 0 Å². The number of anilines is 1. The lowest BCUT2D eigenvalue weighted by Gasteiger charge is -2.28. The molecule has 5 nitrogen and oxygen atoms in total. The Morgan fingerprint density at radius 3 is 2.64 bits per heavy atom. The van der Waals surface area contributed by atoms with Crippen LogP contribution >= 0.6 is 0 Å². The van der Waals surface area contributed by atoms with E-state index in [-0.39, 0.29) is 18.3 Å². The number of nitrogens with two attached hydrogens (primary N) is 1. The molecule has 0 bridgehead atoms. The zero-order chi connectivity index (χ0) is 18.0. The smallest absolute Gasteiger partial charge is 0.368 e. The maximum atomic E-state index is 12.5. The lowest BCUT2D eigenvalue weighted by atomic mass is 10.0. The van der Waals surface area contributed by atoms with Crippen molar-refractivity contribution in [3.8, 4) is 0 Å². The Labute approximate surface area is 142 Å². The van der Waals surface area contributed by atoms with Crippen LogP contribution in [0.4, 0.5) is 19.1 Å². The molecule has 2 heterocycles. The second-order valence-corrected chi connectivity index (χ2v) is 5.96. The summed E-state index contributed by atoms with van der Waals surface area (Å²) in [7, 11) is 0. The van der Waals surface area contributed by atoms with Crippen molar-refractivity contribution in [2.24, 2.45) is 0 Å². The molecule has 1 amide bonds. The third kappa shape index (κ3) is 4.07. The lowest BCUT2D eigenvalue weighted by Crippen LogP contribution is -2.36. The van der Waals surface area contributed by atoms with Crippen LogP contribution in [0.1, 0.15) is 28.8 Å². The van der Waals surface area contributed by atoms with Crippen molar-refractivity contribution in [1.29, 1.82) is 0 Å².